The predicted octanol–water partition coefficient (Wildman–Crippen LogP) is 38.5. The Kier molecular flexibility index (Phi) is 36.8. The van der Waals surface area contributed by atoms with Gasteiger partial charge >= 0.3 is 0 Å². The van der Waals surface area contributed by atoms with Gasteiger partial charge in [0.25, 0.3) is 0 Å². The van der Waals surface area contributed by atoms with Crippen LogP contribution < -0.4 is 0 Å². The van der Waals surface area contributed by atoms with Crippen LogP contribution >= 0.6 is 0 Å². The summed E-state index contributed by atoms with van der Waals surface area (Å²) in [6, 6.07) is 121. The van der Waals surface area contributed by atoms with Crippen LogP contribution in [0.2, 0.25) is 0 Å². The first-order valence-electron chi connectivity index (χ1n) is 48.9. The van der Waals surface area contributed by atoms with Gasteiger partial charge in [-0.15, -0.1) is 0 Å². The molecule has 0 heterocycles. The topological polar surface area (TPSA) is 0 Å². The maximum atomic E-state index is 14.4. The molecule has 0 spiro atoms. The van der Waals surface area contributed by atoms with Crippen molar-refractivity contribution in [2.75, 3.05) is 0 Å². The molecular formula is C130H132F6. The largest absolute Gasteiger partial charge is 0.206 e. The second-order valence-corrected chi connectivity index (χ2v) is 38.1. The predicted molar refractivity (Wildman–Crippen MR) is 566 cm³/mol. The first-order chi connectivity index (χ1) is 65.8. The molecule has 0 saturated heterocycles. The maximum absolute atomic E-state index is 14.4. The molecule has 16 aromatic rings. The van der Waals surface area contributed by atoms with Crippen molar-refractivity contribution in [1.82, 2.24) is 0 Å². The monoisotopic (exact) mass is 1810 g/mol. The molecule has 136 heavy (non-hydrogen) atoms. The lowest BCUT2D eigenvalue weighted by atomic mass is 9.79. The van der Waals surface area contributed by atoms with Crippen LogP contribution in [0.1, 0.15) is 196 Å². The summed E-state index contributed by atoms with van der Waals surface area (Å²) < 4.78 is 81.4. The molecular weight excluding hydrogens is 1680 g/mol. The molecule has 694 valence electrons. The highest BCUT2D eigenvalue weighted by atomic mass is 19.2. The Morgan fingerprint density at radius 1 is 0.199 bits per heavy atom. The van der Waals surface area contributed by atoms with E-state index >= 15 is 0 Å². The minimum atomic E-state index is -0.799. The third-order valence-electron chi connectivity index (χ3n) is 27.1. The van der Waals surface area contributed by atoms with Crippen molar-refractivity contribution in [3.63, 3.8) is 0 Å². The van der Waals surface area contributed by atoms with Crippen LogP contribution in [0.3, 0.4) is 0 Å². The number of benzene rings is 16. The number of halogens is 6. The van der Waals surface area contributed by atoms with Crippen LogP contribution in [0.4, 0.5) is 26.3 Å². The molecule has 3 aliphatic rings. The zero-order valence-corrected chi connectivity index (χ0v) is 81.4. The van der Waals surface area contributed by atoms with Crippen molar-refractivity contribution in [1.29, 1.82) is 0 Å². The van der Waals surface area contributed by atoms with Crippen molar-refractivity contribution >= 4 is 0 Å². The van der Waals surface area contributed by atoms with E-state index in [9.17, 15) is 26.3 Å². The van der Waals surface area contributed by atoms with Crippen molar-refractivity contribution < 1.29 is 26.3 Å². The van der Waals surface area contributed by atoms with E-state index in [1.54, 1.807) is 24.3 Å². The van der Waals surface area contributed by atoms with E-state index in [1.807, 2.05) is 173 Å². The summed E-state index contributed by atoms with van der Waals surface area (Å²) in [6.45, 7) is 25.7. The maximum Gasteiger partial charge on any atom is 0.159 e. The first kappa shape index (κ1) is 100. The highest BCUT2D eigenvalue weighted by molar-refractivity contribution is 5.74. The molecule has 0 bridgehead atoms. The summed E-state index contributed by atoms with van der Waals surface area (Å²) >= 11 is 0. The number of allylic oxidation sites excluding steroid dienone is 2. The second-order valence-electron chi connectivity index (χ2n) is 38.1. The molecule has 0 aliphatic heterocycles. The number of rotatable bonds is 15. The first-order valence-corrected chi connectivity index (χ1v) is 48.9. The Hall–Kier alpha value is -13.2. The lowest BCUT2D eigenvalue weighted by Crippen LogP contribution is -2.10. The Morgan fingerprint density at radius 3 is 0.596 bits per heavy atom. The van der Waals surface area contributed by atoms with Crippen molar-refractivity contribution in [3.05, 3.63) is 478 Å². The summed E-state index contributed by atoms with van der Waals surface area (Å²) in [5.41, 5.74) is 33.8. The van der Waals surface area contributed by atoms with E-state index in [2.05, 4.69) is 237 Å². The van der Waals surface area contributed by atoms with Gasteiger partial charge in [0, 0.05) is 11.1 Å². The fraction of sp³-hybridized carbons (Fsp3) is 0.246. The molecule has 3 aliphatic carbocycles. The minimum Gasteiger partial charge on any atom is -0.206 e. The molecule has 3 fully saturated rings. The summed E-state index contributed by atoms with van der Waals surface area (Å²) in [6.07, 6.45) is 22.3. The lowest BCUT2D eigenvalue weighted by molar-refractivity contribution is 0.348. The minimum absolute atomic E-state index is 0.183. The van der Waals surface area contributed by atoms with E-state index in [0.717, 1.165) is 92.1 Å². The van der Waals surface area contributed by atoms with Crippen molar-refractivity contribution in [3.8, 4) is 100 Å². The van der Waals surface area contributed by atoms with Crippen molar-refractivity contribution in [2.24, 2.45) is 17.8 Å². The van der Waals surface area contributed by atoms with Gasteiger partial charge in [-0.2, -0.15) is 0 Å². The highest BCUT2D eigenvalue weighted by Crippen LogP contribution is 2.41. The molecule has 0 radical (unpaired) electrons. The molecule has 16 aromatic carbocycles. The van der Waals surface area contributed by atoms with E-state index in [0.29, 0.717) is 23.0 Å². The molecule has 0 aromatic heterocycles. The van der Waals surface area contributed by atoms with Gasteiger partial charge in [-0.1, -0.05) is 444 Å². The van der Waals surface area contributed by atoms with E-state index in [1.165, 1.54) is 201 Å². The van der Waals surface area contributed by atoms with Crippen LogP contribution in [-0.2, 0) is 6.42 Å². The molecule has 0 nitrogen and oxygen atoms in total. The summed E-state index contributed by atoms with van der Waals surface area (Å²) in [7, 11) is 0. The van der Waals surface area contributed by atoms with Crippen molar-refractivity contribution in [2.45, 2.75) is 191 Å². The van der Waals surface area contributed by atoms with E-state index in [4.69, 9.17) is 0 Å². The number of hydrogen-bond acceptors (Lipinski definition) is 0. The van der Waals surface area contributed by atoms with Crippen LogP contribution in [0.15, 0.2) is 376 Å². The van der Waals surface area contributed by atoms with Gasteiger partial charge in [-0.25, -0.2) is 26.3 Å². The third-order valence-corrected chi connectivity index (χ3v) is 27.1. The molecule has 19 rings (SSSR count). The van der Waals surface area contributed by atoms with Crippen LogP contribution in [-0.4, -0.2) is 0 Å². The quantitative estimate of drug-likeness (QED) is 0.0709. The van der Waals surface area contributed by atoms with Gasteiger partial charge in [-0.3, -0.25) is 0 Å². The molecule has 0 atom stereocenters. The van der Waals surface area contributed by atoms with Gasteiger partial charge in [0.05, 0.1) is 0 Å². The van der Waals surface area contributed by atoms with E-state index in [-0.39, 0.29) is 11.6 Å². The van der Waals surface area contributed by atoms with Gasteiger partial charge in [0.1, 0.15) is 11.6 Å². The molecule has 3 saturated carbocycles. The zero-order valence-electron chi connectivity index (χ0n) is 81.4. The van der Waals surface area contributed by atoms with Gasteiger partial charge in [0.2, 0.25) is 0 Å². The molecule has 0 amide bonds. The van der Waals surface area contributed by atoms with E-state index < -0.39 is 23.3 Å². The summed E-state index contributed by atoms with van der Waals surface area (Å²) in [5.74, 6) is 1.17. The smallest absolute Gasteiger partial charge is 0.159 e. The van der Waals surface area contributed by atoms with Crippen LogP contribution in [0.5, 0.6) is 0 Å². The zero-order chi connectivity index (χ0) is 96.0. The molecule has 6 heteroatoms. The Balaban J connectivity index is 0.000000135. The average Bonchev–Trinajstić information content (AvgIpc) is 0.814. The fourth-order valence-electron chi connectivity index (χ4n) is 18.1. The van der Waals surface area contributed by atoms with Crippen LogP contribution in [0, 0.1) is 108 Å². The SMILES string of the molecule is C/C=C/CCc1ccc(-c2ccc(C)cc2)cc1.CC1CCC(c2ccc(-c3ccc(F)c(F)c3)cc2)CC1.CC1CCC(c2ccc(-c3ccc(F)c(F)c3)cc2)CC1.Cc1ccc(-c2ccc(-c3ccc(C)cc3)c(F)c2)cc1.Cc1ccc(-c2ccc(-c3ccc(C)cc3)c(F)c2)cc1.Cc1ccc(-c2ccc(C)cc2)cc1.Cc1ccc(-c2ccc(C3CCC(C)CC3)cc2)cc1. The molecule has 0 N–H and O–H groups in total. The number of hydrogen-bond donors (Lipinski definition) is 0. The summed E-state index contributed by atoms with van der Waals surface area (Å²) in [5, 5.41) is 0. The number of aryl methyl sites for hydroxylation is 9. The van der Waals surface area contributed by atoms with Gasteiger partial charge < -0.3 is 0 Å². The lowest BCUT2D eigenvalue weighted by Gasteiger charge is -2.26. The Morgan fingerprint density at radius 2 is 0.382 bits per heavy atom. The highest BCUT2D eigenvalue weighted by Gasteiger charge is 2.24. The third kappa shape index (κ3) is 29.7. The normalized spacial score (nSPS) is 16.0. The second kappa shape index (κ2) is 49.9. The fourth-order valence-corrected chi connectivity index (χ4v) is 18.1. The average molecular weight is 1810 g/mol. The Bertz CT molecular complexity index is 6100. The van der Waals surface area contributed by atoms with Gasteiger partial charge in [-0.05, 0) is 297 Å². The standard InChI is InChI=1S/2C20H17F.C20H24.2C19H20F2.C18H20.C14H14/c2*1-14-3-7-16(8-4-14)18-11-12-19(20(21)13-18)17-9-5-15(2)6-10-17;1-15-3-7-17(8-4-15)19-11-13-20(14-12-19)18-9-5-16(2)6-10-18;2*1-13-2-4-14(5-3-13)15-6-8-16(9-7-15)17-10-11-18(20)19(21)12-17;1-3-4-5-6-16-9-13-18(14-10-16)17-11-7-15(2)8-12-17;1-11-3-7-13(8-4-11)14-9-5-12(2)6-10-14/h2*3-13H,1-2H3;3-4,7-8,11-14,16,18H,5-6,9-10H2,1-2H3;2*6-14H,2-5H2,1H3;3-4,7-14H,5-6H2,1-2H3;3-10H,1-2H3/b;;;;;4-3+;. The Labute approximate surface area is 807 Å². The van der Waals surface area contributed by atoms with Crippen LogP contribution in [0.25, 0.3) is 100 Å². The summed E-state index contributed by atoms with van der Waals surface area (Å²) in [4.78, 5) is 0. The molecule has 0 unspecified atom stereocenters. The van der Waals surface area contributed by atoms with Gasteiger partial charge in [0.15, 0.2) is 23.3 Å².